The largest absolute Gasteiger partial charge is 0.179 e. The molecule has 0 unspecified atom stereocenters. The summed E-state index contributed by atoms with van der Waals surface area (Å²) in [6, 6.07) is 9.26. The Morgan fingerprint density at radius 2 is 1.53 bits per heavy atom. The molecular weight excluding hydrogens is 248 g/mol. The van der Waals surface area contributed by atoms with Crippen molar-refractivity contribution in [2.45, 2.75) is 50.4 Å². The van der Waals surface area contributed by atoms with Crippen LogP contribution < -0.4 is 0 Å². The van der Waals surface area contributed by atoms with Gasteiger partial charge in [0.05, 0.1) is 0 Å². The van der Waals surface area contributed by atoms with E-state index < -0.39 is 0 Å². The molecule has 0 N–H and O–H groups in total. The van der Waals surface area contributed by atoms with Crippen LogP contribution in [0.3, 0.4) is 0 Å². The number of hydrogen-bond acceptors (Lipinski definition) is 1. The van der Waals surface area contributed by atoms with Gasteiger partial charge in [0.2, 0.25) is 0 Å². The highest BCUT2D eigenvalue weighted by atomic mass is 32.1. The number of hydrogen-bond donors (Lipinski definition) is 1. The normalized spacial score (nSPS) is 39.7. The summed E-state index contributed by atoms with van der Waals surface area (Å²) in [7, 11) is 0. The van der Waals surface area contributed by atoms with Crippen LogP contribution in [0.25, 0.3) is 0 Å². The van der Waals surface area contributed by atoms with Gasteiger partial charge in [-0.25, -0.2) is 0 Å². The van der Waals surface area contributed by atoms with Crippen LogP contribution in [0.2, 0.25) is 0 Å². The SMILES string of the molecule is SCCc1ccccc1C12CC3CC(CC(C3)C1)C2. The van der Waals surface area contributed by atoms with Crippen molar-refractivity contribution in [3.05, 3.63) is 35.4 Å². The quantitative estimate of drug-likeness (QED) is 0.762. The van der Waals surface area contributed by atoms with Gasteiger partial charge in [-0.3, -0.25) is 0 Å². The van der Waals surface area contributed by atoms with E-state index in [1.54, 1.807) is 11.1 Å². The van der Waals surface area contributed by atoms with Crippen molar-refractivity contribution in [2.75, 3.05) is 5.75 Å². The topological polar surface area (TPSA) is 0 Å². The van der Waals surface area contributed by atoms with Gasteiger partial charge >= 0.3 is 0 Å². The number of benzene rings is 1. The zero-order valence-electron chi connectivity index (χ0n) is 11.6. The van der Waals surface area contributed by atoms with Crippen LogP contribution in [-0.2, 0) is 11.8 Å². The maximum atomic E-state index is 4.46. The average molecular weight is 272 g/mol. The van der Waals surface area contributed by atoms with Gasteiger partial charge in [-0.1, -0.05) is 24.3 Å². The van der Waals surface area contributed by atoms with Crippen LogP contribution in [0, 0.1) is 17.8 Å². The maximum absolute atomic E-state index is 4.46. The van der Waals surface area contributed by atoms with E-state index >= 15 is 0 Å². The number of rotatable bonds is 3. The lowest BCUT2D eigenvalue weighted by Gasteiger charge is -2.57. The predicted molar refractivity (Wildman–Crippen MR) is 83.8 cm³/mol. The minimum atomic E-state index is 0.550. The second-order valence-corrected chi connectivity index (χ2v) is 7.78. The fourth-order valence-electron chi connectivity index (χ4n) is 5.82. The smallest absolute Gasteiger partial charge is 0.00363 e. The molecule has 5 rings (SSSR count). The molecular formula is C18H24S. The van der Waals surface area contributed by atoms with Crippen molar-refractivity contribution >= 4 is 12.6 Å². The molecule has 4 bridgehead atoms. The van der Waals surface area contributed by atoms with Gasteiger partial charge in [0, 0.05) is 0 Å². The van der Waals surface area contributed by atoms with E-state index in [1.807, 2.05) is 0 Å². The Kier molecular flexibility index (Phi) is 2.95. The van der Waals surface area contributed by atoms with E-state index in [2.05, 4.69) is 36.9 Å². The minimum absolute atomic E-state index is 0.550. The van der Waals surface area contributed by atoms with Crippen LogP contribution in [-0.4, -0.2) is 5.75 Å². The van der Waals surface area contributed by atoms with Crippen molar-refractivity contribution in [2.24, 2.45) is 17.8 Å². The molecule has 102 valence electrons. The third-order valence-corrected chi connectivity index (χ3v) is 6.23. The molecule has 0 amide bonds. The van der Waals surface area contributed by atoms with Gasteiger partial charge in [0.25, 0.3) is 0 Å². The molecule has 0 spiro atoms. The Morgan fingerprint density at radius 1 is 0.947 bits per heavy atom. The van der Waals surface area contributed by atoms with Crippen LogP contribution in [0.1, 0.15) is 49.7 Å². The molecule has 0 heterocycles. The first-order valence-electron chi connectivity index (χ1n) is 7.98. The predicted octanol–water partition coefficient (Wildman–Crippen LogP) is 4.63. The van der Waals surface area contributed by atoms with Crippen molar-refractivity contribution < 1.29 is 0 Å². The van der Waals surface area contributed by atoms with Crippen molar-refractivity contribution in [3.8, 4) is 0 Å². The first-order valence-corrected chi connectivity index (χ1v) is 8.61. The molecule has 4 saturated carbocycles. The lowest BCUT2D eigenvalue weighted by atomic mass is 9.47. The second kappa shape index (κ2) is 4.55. The summed E-state index contributed by atoms with van der Waals surface area (Å²) in [6.07, 6.45) is 10.2. The van der Waals surface area contributed by atoms with Gasteiger partial charge in [-0.05, 0) is 85.0 Å². The standard InChI is InChI=1S/C18H24S/c19-6-5-16-3-1-2-4-17(16)18-10-13-7-14(11-18)9-15(8-13)12-18/h1-4,13-15,19H,5-12H2. The number of aryl methyl sites for hydroxylation is 1. The highest BCUT2D eigenvalue weighted by molar-refractivity contribution is 7.80. The molecule has 0 saturated heterocycles. The molecule has 1 aromatic rings. The molecule has 0 radical (unpaired) electrons. The Balaban J connectivity index is 1.75. The summed E-state index contributed by atoms with van der Waals surface area (Å²) in [5.41, 5.74) is 3.83. The van der Waals surface area contributed by atoms with Crippen LogP contribution in [0.15, 0.2) is 24.3 Å². The van der Waals surface area contributed by atoms with E-state index in [4.69, 9.17) is 0 Å². The monoisotopic (exact) mass is 272 g/mol. The van der Waals surface area contributed by atoms with E-state index in [-0.39, 0.29) is 0 Å². The van der Waals surface area contributed by atoms with Crippen molar-refractivity contribution in [1.82, 2.24) is 0 Å². The molecule has 0 aliphatic heterocycles. The van der Waals surface area contributed by atoms with Gasteiger partial charge in [-0.2, -0.15) is 12.6 Å². The summed E-state index contributed by atoms with van der Waals surface area (Å²) in [6.45, 7) is 0. The van der Waals surface area contributed by atoms with Gasteiger partial charge < -0.3 is 0 Å². The maximum Gasteiger partial charge on any atom is -0.00363 e. The molecule has 0 aromatic heterocycles. The van der Waals surface area contributed by atoms with Crippen LogP contribution >= 0.6 is 12.6 Å². The number of thiol groups is 1. The van der Waals surface area contributed by atoms with E-state index in [0.29, 0.717) is 5.41 Å². The summed E-state index contributed by atoms with van der Waals surface area (Å²) in [5, 5.41) is 0. The first-order chi connectivity index (χ1) is 9.29. The van der Waals surface area contributed by atoms with Gasteiger partial charge in [0.1, 0.15) is 0 Å². The van der Waals surface area contributed by atoms with Crippen LogP contribution in [0.5, 0.6) is 0 Å². The zero-order chi connectivity index (χ0) is 12.9. The highest BCUT2D eigenvalue weighted by Gasteiger charge is 2.51. The first kappa shape index (κ1) is 12.3. The summed E-state index contributed by atoms with van der Waals surface area (Å²) < 4.78 is 0. The molecule has 1 aromatic carbocycles. The third-order valence-electron chi connectivity index (χ3n) is 6.01. The van der Waals surface area contributed by atoms with E-state index in [0.717, 1.165) is 29.9 Å². The van der Waals surface area contributed by atoms with Crippen LogP contribution in [0.4, 0.5) is 0 Å². The Morgan fingerprint density at radius 3 is 2.11 bits per heavy atom. The third kappa shape index (κ3) is 1.96. The molecule has 4 fully saturated rings. The van der Waals surface area contributed by atoms with Crippen molar-refractivity contribution in [1.29, 1.82) is 0 Å². The summed E-state index contributed by atoms with van der Waals surface area (Å²) in [4.78, 5) is 0. The summed E-state index contributed by atoms with van der Waals surface area (Å²) >= 11 is 4.46. The fourth-order valence-corrected chi connectivity index (χ4v) is 6.06. The molecule has 1 heteroatoms. The Labute approximate surface area is 122 Å². The summed E-state index contributed by atoms with van der Waals surface area (Å²) in [5.74, 6) is 4.09. The lowest BCUT2D eigenvalue weighted by molar-refractivity contribution is -0.00555. The molecule has 0 atom stereocenters. The zero-order valence-corrected chi connectivity index (χ0v) is 12.5. The molecule has 4 aliphatic carbocycles. The lowest BCUT2D eigenvalue weighted by Crippen LogP contribution is -2.48. The Hall–Kier alpha value is -0.430. The van der Waals surface area contributed by atoms with Crippen molar-refractivity contribution in [3.63, 3.8) is 0 Å². The molecule has 19 heavy (non-hydrogen) atoms. The van der Waals surface area contributed by atoms with Gasteiger partial charge in [0.15, 0.2) is 0 Å². The Bertz CT molecular complexity index is 441. The average Bonchev–Trinajstić information content (AvgIpc) is 2.38. The fraction of sp³-hybridized carbons (Fsp3) is 0.667. The highest BCUT2D eigenvalue weighted by Crippen LogP contribution is 2.61. The minimum Gasteiger partial charge on any atom is -0.179 e. The molecule has 4 aliphatic rings. The second-order valence-electron chi connectivity index (χ2n) is 7.33. The molecule has 0 nitrogen and oxygen atoms in total. The van der Waals surface area contributed by atoms with Gasteiger partial charge in [-0.15, -0.1) is 0 Å². The van der Waals surface area contributed by atoms with E-state index in [1.165, 1.54) is 38.5 Å². The van der Waals surface area contributed by atoms with E-state index in [9.17, 15) is 0 Å².